The lowest BCUT2D eigenvalue weighted by Crippen LogP contribution is -2.38. The molecule has 0 spiro atoms. The molecule has 0 saturated carbocycles. The first kappa shape index (κ1) is 16.2. The Labute approximate surface area is 130 Å². The van der Waals surface area contributed by atoms with Crippen molar-refractivity contribution in [3.05, 3.63) is 34.9 Å². The van der Waals surface area contributed by atoms with Crippen molar-refractivity contribution < 1.29 is 14.4 Å². The number of unbranched alkanes of at least 4 members (excludes halogenated alkanes) is 2. The summed E-state index contributed by atoms with van der Waals surface area (Å²) in [6, 6.07) is 5.25. The highest BCUT2D eigenvalue weighted by Gasteiger charge is 2.34. The lowest BCUT2D eigenvalue weighted by molar-refractivity contribution is -0.121. The van der Waals surface area contributed by atoms with Gasteiger partial charge in [0.2, 0.25) is 5.91 Å². The number of carbonyl (C=O) groups excluding carboxylic acids is 3. The van der Waals surface area contributed by atoms with Crippen molar-refractivity contribution in [2.75, 3.05) is 13.1 Å². The van der Waals surface area contributed by atoms with Gasteiger partial charge in [0.1, 0.15) is 0 Å². The van der Waals surface area contributed by atoms with Gasteiger partial charge in [-0.15, -0.1) is 0 Å². The van der Waals surface area contributed by atoms with Crippen LogP contribution in [0.5, 0.6) is 0 Å². The number of benzene rings is 1. The number of hydrogen-bond acceptors (Lipinski definition) is 3. The maximum atomic E-state index is 12.2. The van der Waals surface area contributed by atoms with Crippen LogP contribution in [-0.4, -0.2) is 35.7 Å². The van der Waals surface area contributed by atoms with Crippen molar-refractivity contribution in [2.45, 2.75) is 39.5 Å². The minimum Gasteiger partial charge on any atom is -0.354 e. The van der Waals surface area contributed by atoms with Gasteiger partial charge in [0.05, 0.1) is 11.1 Å². The van der Waals surface area contributed by atoms with Crippen LogP contribution in [0.2, 0.25) is 0 Å². The van der Waals surface area contributed by atoms with Gasteiger partial charge in [-0.05, 0) is 25.5 Å². The molecule has 118 valence electrons. The second-order valence-corrected chi connectivity index (χ2v) is 5.62. The number of nitrogens with zero attached hydrogens (tertiary/aromatic N) is 1. The third-order valence-corrected chi connectivity index (χ3v) is 3.79. The topological polar surface area (TPSA) is 66.5 Å². The molecule has 3 amide bonds. The van der Waals surface area contributed by atoms with Crippen LogP contribution < -0.4 is 5.32 Å². The van der Waals surface area contributed by atoms with E-state index in [1.807, 2.05) is 13.0 Å². The fourth-order valence-electron chi connectivity index (χ4n) is 2.54. The minimum atomic E-state index is -0.278. The second-order valence-electron chi connectivity index (χ2n) is 5.62. The maximum Gasteiger partial charge on any atom is 0.261 e. The van der Waals surface area contributed by atoms with Crippen molar-refractivity contribution >= 4 is 17.7 Å². The zero-order valence-corrected chi connectivity index (χ0v) is 13.1. The van der Waals surface area contributed by atoms with E-state index in [9.17, 15) is 14.4 Å². The van der Waals surface area contributed by atoms with Crippen LogP contribution in [0.4, 0.5) is 0 Å². The number of rotatable bonds is 7. The summed E-state index contributed by atoms with van der Waals surface area (Å²) in [7, 11) is 0. The van der Waals surface area contributed by atoms with Gasteiger partial charge in [0.15, 0.2) is 0 Å². The quantitative estimate of drug-likeness (QED) is 0.621. The summed E-state index contributed by atoms with van der Waals surface area (Å²) >= 11 is 0. The normalized spacial score (nSPS) is 13.5. The van der Waals surface area contributed by atoms with E-state index in [1.54, 1.807) is 12.1 Å². The maximum absolute atomic E-state index is 12.2. The van der Waals surface area contributed by atoms with E-state index in [0.29, 0.717) is 24.1 Å². The first-order valence-electron chi connectivity index (χ1n) is 7.78. The van der Waals surface area contributed by atoms with Crippen LogP contribution in [0.3, 0.4) is 0 Å². The van der Waals surface area contributed by atoms with E-state index in [0.717, 1.165) is 24.8 Å². The van der Waals surface area contributed by atoms with E-state index in [2.05, 4.69) is 12.2 Å². The third-order valence-electron chi connectivity index (χ3n) is 3.79. The molecule has 0 saturated heterocycles. The van der Waals surface area contributed by atoms with Crippen LogP contribution in [-0.2, 0) is 4.79 Å². The number of aryl methyl sites for hydroxylation is 1. The monoisotopic (exact) mass is 302 g/mol. The molecule has 0 unspecified atom stereocenters. The van der Waals surface area contributed by atoms with Gasteiger partial charge in [0, 0.05) is 19.5 Å². The van der Waals surface area contributed by atoms with Gasteiger partial charge in [-0.3, -0.25) is 19.3 Å². The first-order valence-corrected chi connectivity index (χ1v) is 7.78. The predicted octanol–water partition coefficient (Wildman–Crippen LogP) is 2.29. The fourth-order valence-corrected chi connectivity index (χ4v) is 2.54. The van der Waals surface area contributed by atoms with E-state index in [-0.39, 0.29) is 24.3 Å². The molecule has 1 aliphatic heterocycles. The molecule has 2 rings (SSSR count). The summed E-state index contributed by atoms with van der Waals surface area (Å²) in [5, 5.41) is 2.76. The summed E-state index contributed by atoms with van der Waals surface area (Å²) in [4.78, 5) is 37.3. The summed E-state index contributed by atoms with van der Waals surface area (Å²) in [5.41, 5.74) is 1.86. The van der Waals surface area contributed by atoms with Gasteiger partial charge in [0.25, 0.3) is 11.8 Å². The predicted molar refractivity (Wildman–Crippen MR) is 83.7 cm³/mol. The number of imide groups is 1. The molecular formula is C17H22N2O3. The molecule has 1 N–H and O–H groups in total. The van der Waals surface area contributed by atoms with Gasteiger partial charge in [-0.25, -0.2) is 0 Å². The van der Waals surface area contributed by atoms with Crippen molar-refractivity contribution in [1.29, 1.82) is 0 Å². The molecule has 0 bridgehead atoms. The molecule has 5 nitrogen and oxygen atoms in total. The van der Waals surface area contributed by atoms with Crippen molar-refractivity contribution in [2.24, 2.45) is 0 Å². The molecule has 1 aromatic carbocycles. The van der Waals surface area contributed by atoms with E-state index < -0.39 is 0 Å². The molecular weight excluding hydrogens is 280 g/mol. The molecule has 5 heteroatoms. The van der Waals surface area contributed by atoms with Gasteiger partial charge in [-0.2, -0.15) is 0 Å². The Morgan fingerprint density at radius 2 is 1.86 bits per heavy atom. The zero-order valence-electron chi connectivity index (χ0n) is 13.1. The third kappa shape index (κ3) is 3.53. The number of fused-ring (bicyclic) bond motifs is 1. The standard InChI is InChI=1S/C17H22N2O3/c1-3-4-5-6-15(20)18-9-10-19-16(21)13-8-7-12(2)11-14(13)17(19)22/h7-8,11H,3-6,9-10H2,1-2H3,(H,18,20). The molecule has 0 aliphatic carbocycles. The summed E-state index contributed by atoms with van der Waals surface area (Å²) in [6.07, 6.45) is 3.47. The Morgan fingerprint density at radius 3 is 2.59 bits per heavy atom. The Bertz CT molecular complexity index is 596. The highest BCUT2D eigenvalue weighted by Crippen LogP contribution is 2.23. The van der Waals surface area contributed by atoms with Crippen molar-refractivity contribution in [1.82, 2.24) is 10.2 Å². The highest BCUT2D eigenvalue weighted by atomic mass is 16.2. The van der Waals surface area contributed by atoms with E-state index in [4.69, 9.17) is 0 Å². The second kappa shape index (κ2) is 7.20. The molecule has 0 fully saturated rings. The lowest BCUT2D eigenvalue weighted by atomic mass is 10.1. The smallest absolute Gasteiger partial charge is 0.261 e. The van der Waals surface area contributed by atoms with Crippen LogP contribution in [0.25, 0.3) is 0 Å². The van der Waals surface area contributed by atoms with Crippen molar-refractivity contribution in [3.8, 4) is 0 Å². The Morgan fingerprint density at radius 1 is 1.14 bits per heavy atom. The summed E-state index contributed by atoms with van der Waals surface area (Å²) in [5.74, 6) is -0.579. The van der Waals surface area contributed by atoms with Crippen LogP contribution in [0.1, 0.15) is 58.9 Å². The number of carbonyl (C=O) groups is 3. The molecule has 0 atom stereocenters. The van der Waals surface area contributed by atoms with Crippen LogP contribution in [0, 0.1) is 6.92 Å². The average Bonchev–Trinajstić information content (AvgIpc) is 2.72. The Kier molecular flexibility index (Phi) is 5.31. The summed E-state index contributed by atoms with van der Waals surface area (Å²) < 4.78 is 0. The fraction of sp³-hybridized carbons (Fsp3) is 0.471. The largest absolute Gasteiger partial charge is 0.354 e. The first-order chi connectivity index (χ1) is 10.5. The molecule has 1 aromatic rings. The Balaban J connectivity index is 1.86. The van der Waals surface area contributed by atoms with E-state index in [1.165, 1.54) is 4.90 Å². The van der Waals surface area contributed by atoms with Gasteiger partial charge in [-0.1, -0.05) is 31.4 Å². The summed E-state index contributed by atoms with van der Waals surface area (Å²) in [6.45, 7) is 4.49. The average molecular weight is 302 g/mol. The molecule has 0 aromatic heterocycles. The van der Waals surface area contributed by atoms with Gasteiger partial charge < -0.3 is 5.32 Å². The molecule has 1 heterocycles. The van der Waals surface area contributed by atoms with Crippen LogP contribution in [0.15, 0.2) is 18.2 Å². The van der Waals surface area contributed by atoms with E-state index >= 15 is 0 Å². The van der Waals surface area contributed by atoms with Crippen LogP contribution >= 0.6 is 0 Å². The number of amides is 3. The molecule has 1 aliphatic rings. The SMILES string of the molecule is CCCCCC(=O)NCCN1C(=O)c2ccc(C)cc2C1=O. The minimum absolute atomic E-state index is 0.0269. The number of hydrogen-bond donors (Lipinski definition) is 1. The number of nitrogens with one attached hydrogen (secondary N) is 1. The Hall–Kier alpha value is -2.17. The zero-order chi connectivity index (χ0) is 16.1. The lowest BCUT2D eigenvalue weighted by Gasteiger charge is -2.14. The highest BCUT2D eigenvalue weighted by molar-refractivity contribution is 6.21. The molecule has 0 radical (unpaired) electrons. The van der Waals surface area contributed by atoms with Gasteiger partial charge >= 0.3 is 0 Å². The van der Waals surface area contributed by atoms with Crippen molar-refractivity contribution in [3.63, 3.8) is 0 Å². The molecule has 22 heavy (non-hydrogen) atoms.